The van der Waals surface area contributed by atoms with Crippen molar-refractivity contribution in [2.45, 2.75) is 6.61 Å². The predicted molar refractivity (Wildman–Crippen MR) is 143 cm³/mol. The highest BCUT2D eigenvalue weighted by atomic mass is 127. The summed E-state index contributed by atoms with van der Waals surface area (Å²) in [5, 5.41) is 16.7. The number of carbonyl (C=O) groups excluding carboxylic acids is 1. The standard InChI is InChI=1S/C23H14Cl2IN3O4S/c24-16-3-2-14(18(25)10-16)12-33-20-5-1-13(7-19(20)26)11-27-28-23(30)22-9-15-8-17(29(31)32)4-6-21(15)34-22/h1-11H,12H2,(H,28,30)/b27-11-. The number of nitro benzene ring substituents is 1. The number of nitrogens with one attached hydrogen (secondary N) is 1. The molecule has 0 atom stereocenters. The lowest BCUT2D eigenvalue weighted by Crippen LogP contribution is -2.16. The van der Waals surface area contributed by atoms with Gasteiger partial charge in [0.2, 0.25) is 0 Å². The number of hydrazone groups is 1. The number of halogens is 3. The molecule has 1 N–H and O–H groups in total. The van der Waals surface area contributed by atoms with E-state index in [1.165, 1.54) is 29.7 Å². The topological polar surface area (TPSA) is 93.8 Å². The Morgan fingerprint density at radius 1 is 1.15 bits per heavy atom. The lowest BCUT2D eigenvalue weighted by Gasteiger charge is -2.10. The molecule has 3 aromatic carbocycles. The van der Waals surface area contributed by atoms with Crippen LogP contribution in [0.15, 0.2) is 65.8 Å². The van der Waals surface area contributed by atoms with Gasteiger partial charge in [-0.2, -0.15) is 5.10 Å². The molecule has 4 rings (SSSR count). The summed E-state index contributed by atoms with van der Waals surface area (Å²) in [7, 11) is 0. The first-order valence-corrected chi connectivity index (χ1v) is 12.3. The minimum Gasteiger partial charge on any atom is -0.488 e. The van der Waals surface area contributed by atoms with Crippen molar-refractivity contribution in [2.75, 3.05) is 0 Å². The first kappa shape index (κ1) is 24.4. The Kier molecular flexibility index (Phi) is 7.67. The number of fused-ring (bicyclic) bond motifs is 1. The molecule has 11 heteroatoms. The fourth-order valence-corrected chi connectivity index (χ4v) is 5.08. The van der Waals surface area contributed by atoms with Crippen LogP contribution in [0.2, 0.25) is 10.0 Å². The number of nitro groups is 1. The SMILES string of the molecule is O=C(N/N=C\c1ccc(OCc2ccc(Cl)cc2Cl)c(I)c1)c1cc2cc([N+](=O)[O-])ccc2s1. The summed E-state index contributed by atoms with van der Waals surface area (Å²) in [6.07, 6.45) is 1.53. The summed E-state index contributed by atoms with van der Waals surface area (Å²) in [5.74, 6) is 0.293. The van der Waals surface area contributed by atoms with Crippen LogP contribution in [0.4, 0.5) is 5.69 Å². The molecule has 0 bridgehead atoms. The van der Waals surface area contributed by atoms with Crippen molar-refractivity contribution in [3.8, 4) is 5.75 Å². The van der Waals surface area contributed by atoms with E-state index in [0.29, 0.717) is 32.7 Å². The van der Waals surface area contributed by atoms with Gasteiger partial charge in [0.05, 0.1) is 19.6 Å². The van der Waals surface area contributed by atoms with E-state index in [4.69, 9.17) is 27.9 Å². The average Bonchev–Trinajstić information content (AvgIpc) is 3.23. The highest BCUT2D eigenvalue weighted by Gasteiger charge is 2.13. The molecule has 0 aliphatic carbocycles. The van der Waals surface area contributed by atoms with Gasteiger partial charge in [-0.05, 0) is 70.6 Å². The molecular formula is C23H14Cl2IN3O4S. The van der Waals surface area contributed by atoms with E-state index in [0.717, 1.165) is 19.4 Å². The van der Waals surface area contributed by atoms with Crippen molar-refractivity contribution >= 4 is 85.0 Å². The number of hydrogen-bond donors (Lipinski definition) is 1. The number of amides is 1. The summed E-state index contributed by atoms with van der Waals surface area (Å²) in [6.45, 7) is 0.299. The molecule has 4 aromatic rings. The molecule has 0 radical (unpaired) electrons. The second-order valence-electron chi connectivity index (χ2n) is 7.00. The van der Waals surface area contributed by atoms with E-state index < -0.39 is 10.8 Å². The molecule has 1 aromatic heterocycles. The van der Waals surface area contributed by atoms with Gasteiger partial charge in [-0.1, -0.05) is 29.3 Å². The quantitative estimate of drug-likeness (QED) is 0.103. The zero-order valence-corrected chi connectivity index (χ0v) is 21.6. The molecule has 172 valence electrons. The van der Waals surface area contributed by atoms with Crippen molar-refractivity contribution in [2.24, 2.45) is 5.10 Å². The van der Waals surface area contributed by atoms with Gasteiger partial charge in [0, 0.05) is 37.8 Å². The average molecular weight is 626 g/mol. The molecule has 0 fully saturated rings. The Bertz CT molecular complexity index is 1440. The van der Waals surface area contributed by atoms with Crippen LogP contribution in [-0.4, -0.2) is 17.0 Å². The van der Waals surface area contributed by atoms with Crippen molar-refractivity contribution < 1.29 is 14.5 Å². The summed E-state index contributed by atoms with van der Waals surface area (Å²) in [4.78, 5) is 23.3. The van der Waals surface area contributed by atoms with Crippen molar-refractivity contribution in [1.82, 2.24) is 5.43 Å². The third-order valence-corrected chi connectivity index (χ3v) is 7.21. The Labute approximate surface area is 221 Å². The molecule has 0 aliphatic rings. The van der Waals surface area contributed by atoms with Crippen LogP contribution in [0, 0.1) is 13.7 Å². The molecule has 0 saturated heterocycles. The monoisotopic (exact) mass is 625 g/mol. The van der Waals surface area contributed by atoms with Crippen LogP contribution in [0.25, 0.3) is 10.1 Å². The number of benzene rings is 3. The molecule has 0 unspecified atom stereocenters. The molecule has 1 heterocycles. The summed E-state index contributed by atoms with van der Waals surface area (Å²) < 4.78 is 7.51. The van der Waals surface area contributed by atoms with Gasteiger partial charge in [0.1, 0.15) is 12.4 Å². The molecule has 0 spiro atoms. The number of thiophene rings is 1. The highest BCUT2D eigenvalue weighted by Crippen LogP contribution is 2.29. The first-order chi connectivity index (χ1) is 16.3. The Morgan fingerprint density at radius 3 is 2.71 bits per heavy atom. The second kappa shape index (κ2) is 10.7. The van der Waals surface area contributed by atoms with E-state index in [1.54, 1.807) is 24.3 Å². The largest absolute Gasteiger partial charge is 0.488 e. The molecule has 34 heavy (non-hydrogen) atoms. The number of nitrogens with zero attached hydrogens (tertiary/aromatic N) is 2. The van der Waals surface area contributed by atoms with Crippen LogP contribution >= 0.6 is 57.1 Å². The fourth-order valence-electron chi connectivity index (χ4n) is 2.99. The van der Waals surface area contributed by atoms with Gasteiger partial charge >= 0.3 is 0 Å². The van der Waals surface area contributed by atoms with E-state index >= 15 is 0 Å². The Hall–Kier alpha value is -2.73. The predicted octanol–water partition coefficient (Wildman–Crippen LogP) is 7.06. The summed E-state index contributed by atoms with van der Waals surface area (Å²) in [6, 6.07) is 16.8. The van der Waals surface area contributed by atoms with Gasteiger partial charge in [-0.25, -0.2) is 5.43 Å². The lowest BCUT2D eigenvalue weighted by atomic mass is 10.2. The molecule has 1 amide bonds. The molecule has 7 nitrogen and oxygen atoms in total. The van der Waals surface area contributed by atoms with Crippen LogP contribution in [-0.2, 0) is 6.61 Å². The van der Waals surface area contributed by atoms with Gasteiger partial charge in [-0.3, -0.25) is 14.9 Å². The van der Waals surface area contributed by atoms with Gasteiger partial charge in [0.15, 0.2) is 0 Å². The number of rotatable bonds is 7. The summed E-state index contributed by atoms with van der Waals surface area (Å²) >= 11 is 15.5. The first-order valence-electron chi connectivity index (χ1n) is 9.68. The maximum atomic E-state index is 12.4. The Balaban J connectivity index is 1.38. The lowest BCUT2D eigenvalue weighted by molar-refractivity contribution is -0.384. The van der Waals surface area contributed by atoms with Gasteiger partial charge < -0.3 is 4.74 Å². The number of hydrogen-bond acceptors (Lipinski definition) is 6. The molecule has 0 aliphatic heterocycles. The van der Waals surface area contributed by atoms with Crippen LogP contribution in [0.1, 0.15) is 20.8 Å². The highest BCUT2D eigenvalue weighted by molar-refractivity contribution is 14.1. The minimum atomic E-state index is -0.467. The zero-order valence-electron chi connectivity index (χ0n) is 17.1. The van der Waals surface area contributed by atoms with Crippen LogP contribution in [0.3, 0.4) is 0 Å². The van der Waals surface area contributed by atoms with E-state index in [9.17, 15) is 14.9 Å². The minimum absolute atomic E-state index is 0.0198. The normalized spacial score (nSPS) is 11.1. The fraction of sp³-hybridized carbons (Fsp3) is 0.0435. The number of non-ortho nitro benzene ring substituents is 1. The molecule has 0 saturated carbocycles. The van der Waals surface area contributed by atoms with Crippen LogP contribution in [0.5, 0.6) is 5.75 Å². The van der Waals surface area contributed by atoms with Crippen molar-refractivity contribution in [3.05, 3.63) is 100 Å². The van der Waals surface area contributed by atoms with Gasteiger partial charge in [-0.15, -0.1) is 11.3 Å². The smallest absolute Gasteiger partial charge is 0.281 e. The van der Waals surface area contributed by atoms with Crippen LogP contribution < -0.4 is 10.2 Å². The van der Waals surface area contributed by atoms with E-state index in [1.807, 2.05) is 24.3 Å². The Morgan fingerprint density at radius 2 is 1.97 bits per heavy atom. The zero-order chi connectivity index (χ0) is 24.2. The number of ether oxygens (including phenoxy) is 1. The molecular weight excluding hydrogens is 612 g/mol. The third-order valence-electron chi connectivity index (χ3n) is 4.67. The van der Waals surface area contributed by atoms with Crippen molar-refractivity contribution in [1.29, 1.82) is 0 Å². The van der Waals surface area contributed by atoms with E-state index in [2.05, 4.69) is 33.1 Å². The van der Waals surface area contributed by atoms with Crippen molar-refractivity contribution in [3.63, 3.8) is 0 Å². The second-order valence-corrected chi connectivity index (χ2v) is 10.1. The maximum absolute atomic E-state index is 12.4. The summed E-state index contributed by atoms with van der Waals surface area (Å²) in [5.41, 5.74) is 4.06. The third kappa shape index (κ3) is 5.84. The number of carbonyl (C=O) groups is 1. The van der Waals surface area contributed by atoms with E-state index in [-0.39, 0.29) is 5.69 Å². The van der Waals surface area contributed by atoms with Gasteiger partial charge in [0.25, 0.3) is 11.6 Å². The maximum Gasteiger partial charge on any atom is 0.281 e.